The molecule has 3 saturated carbocycles. The summed E-state index contributed by atoms with van der Waals surface area (Å²) in [5, 5.41) is 5.86. The quantitative estimate of drug-likeness (QED) is 0.0747. The van der Waals surface area contributed by atoms with Gasteiger partial charge in [0.2, 0.25) is 11.8 Å². The maximum absolute atomic E-state index is 13.0. The van der Waals surface area contributed by atoms with E-state index in [0.29, 0.717) is 84.4 Å². The van der Waals surface area contributed by atoms with E-state index in [1.54, 1.807) is 61.3 Å². The lowest BCUT2D eigenvalue weighted by molar-refractivity contribution is -0.121. The van der Waals surface area contributed by atoms with Crippen molar-refractivity contribution in [2.75, 3.05) is 25.0 Å². The Morgan fingerprint density at radius 3 is 1.35 bits per heavy atom. The predicted molar refractivity (Wildman–Crippen MR) is 321 cm³/mol. The number of halogens is 1. The average molecular weight is 1190 g/mol. The van der Waals surface area contributed by atoms with Crippen LogP contribution in [0.2, 0.25) is 0 Å². The number of ketones is 1. The zero-order valence-corrected chi connectivity index (χ0v) is 50.0. The highest BCUT2D eigenvalue weighted by Crippen LogP contribution is 2.29. The maximum Gasteiger partial charge on any atom is 0.407 e. The average Bonchev–Trinajstić information content (AvgIpc) is 4.25. The number of benzene rings is 3. The molecule has 3 fully saturated rings. The number of rotatable bonds is 14. The number of nitrogens with one attached hydrogen (secondary N) is 3. The van der Waals surface area contributed by atoms with E-state index in [4.69, 9.17) is 15.2 Å². The summed E-state index contributed by atoms with van der Waals surface area (Å²) >= 11 is 3.20. The largest absolute Gasteiger partial charge is 0.444 e. The highest BCUT2D eigenvalue weighted by Gasteiger charge is 2.26. The third-order valence-corrected chi connectivity index (χ3v) is 15.3. The third kappa shape index (κ3) is 18.7. The molecule has 20 heteroatoms. The lowest BCUT2D eigenvalue weighted by atomic mass is 9.87. The van der Waals surface area contributed by atoms with Crippen molar-refractivity contribution in [3.05, 3.63) is 104 Å². The van der Waals surface area contributed by atoms with Gasteiger partial charge in [-0.15, -0.1) is 0 Å². The molecule has 0 spiro atoms. The Morgan fingerprint density at radius 1 is 0.543 bits per heavy atom. The highest BCUT2D eigenvalue weighted by molar-refractivity contribution is 9.09. The van der Waals surface area contributed by atoms with Crippen LogP contribution in [0.4, 0.5) is 9.59 Å². The van der Waals surface area contributed by atoms with Crippen molar-refractivity contribution in [3.63, 3.8) is 0 Å². The first kappa shape index (κ1) is 63.6. The molecule has 0 atom stereocenters. The van der Waals surface area contributed by atoms with Gasteiger partial charge in [0.1, 0.15) is 17.0 Å². The number of Topliss-reactive ketones (excluding diaryl/α,β-unsaturated/α-hetero) is 1. The minimum Gasteiger partial charge on any atom is -0.444 e. The molecular weight excluding hydrogens is 1100 g/mol. The Morgan fingerprint density at radius 2 is 0.926 bits per heavy atom. The van der Waals surface area contributed by atoms with E-state index in [-0.39, 0.29) is 42.0 Å². The van der Waals surface area contributed by atoms with Gasteiger partial charge in [0, 0.05) is 58.0 Å². The van der Waals surface area contributed by atoms with Crippen LogP contribution in [0.15, 0.2) is 87.2 Å². The number of carbonyl (C=O) groups excluding carboxylic acids is 5. The fourth-order valence-electron chi connectivity index (χ4n) is 10.9. The molecular formula is C61H86BrN9O10. The number of aromatic amines is 1. The van der Waals surface area contributed by atoms with E-state index in [1.807, 2.05) is 66.7 Å². The molecule has 0 bridgehead atoms. The van der Waals surface area contributed by atoms with Crippen molar-refractivity contribution in [2.45, 2.75) is 182 Å². The zero-order chi connectivity index (χ0) is 58.7. The molecule has 0 aliphatic heterocycles. The number of H-pyrrole nitrogens is 1. The van der Waals surface area contributed by atoms with E-state index < -0.39 is 23.4 Å². The number of para-hydroxylation sites is 6. The normalized spacial score (nSPS) is 15.4. The fourth-order valence-corrected chi connectivity index (χ4v) is 11.4. The van der Waals surface area contributed by atoms with Crippen LogP contribution >= 0.6 is 15.9 Å². The molecule has 3 aliphatic rings. The van der Waals surface area contributed by atoms with Crippen molar-refractivity contribution in [3.8, 4) is 0 Å². The Labute approximate surface area is 482 Å². The number of amides is 2. The van der Waals surface area contributed by atoms with Crippen LogP contribution in [0.3, 0.4) is 0 Å². The first-order valence-electron chi connectivity index (χ1n) is 29.1. The van der Waals surface area contributed by atoms with Crippen LogP contribution in [0.1, 0.15) is 160 Å². The van der Waals surface area contributed by atoms with E-state index >= 15 is 0 Å². The van der Waals surface area contributed by atoms with Gasteiger partial charge in [-0.1, -0.05) is 110 Å². The number of carbonyl (C=O) groups is 5. The van der Waals surface area contributed by atoms with Crippen molar-refractivity contribution >= 4 is 78.8 Å². The van der Waals surface area contributed by atoms with E-state index in [1.165, 1.54) is 54.1 Å². The second-order valence-corrected chi connectivity index (χ2v) is 24.0. The second-order valence-electron chi connectivity index (χ2n) is 23.4. The summed E-state index contributed by atoms with van der Waals surface area (Å²) in [7, 11) is 0. The molecule has 9 rings (SSSR count). The highest BCUT2D eigenvalue weighted by atomic mass is 79.9. The van der Waals surface area contributed by atoms with Crippen molar-refractivity contribution < 1.29 is 33.4 Å². The summed E-state index contributed by atoms with van der Waals surface area (Å²) in [5.41, 5.74) is 8.11. The van der Waals surface area contributed by atoms with Gasteiger partial charge in [0.25, 0.3) is 0 Å². The predicted octanol–water partition coefficient (Wildman–Crippen LogP) is 10.7. The number of nitrogens with two attached hydrogens (primary N) is 1. The van der Waals surface area contributed by atoms with Gasteiger partial charge < -0.3 is 30.8 Å². The SMILES string of the molecule is CC(C)(C)OC(=O)NCCn1c(=O)[nH]c2ccccc21.CC(C)(C)OC(=O)NCCn1c(=O)n(C(=O)CC2CCCCC2)c2ccccc21.NCCn1c(=O)n(C(=O)CC2CCCCC2)c2ccccc21.O=C(CBr)C1CCCCC1. The van der Waals surface area contributed by atoms with Crippen LogP contribution in [-0.2, 0) is 33.9 Å². The van der Waals surface area contributed by atoms with Gasteiger partial charge in [0.15, 0.2) is 0 Å². The standard InChI is InChI=1S/C22H31N3O4.C17H23N3O2.C14H19N3O3.C8H13BrO/c1-22(2,3)29-20(27)23-13-14-24-17-11-7-8-12-18(17)25(21(24)28)19(26)15-16-9-5-4-6-10-16;18-10-11-19-14-8-4-5-9-15(14)20(17(19)22)16(21)12-13-6-2-1-3-7-13;1-14(2,3)20-13(19)15-8-9-17-11-7-5-4-6-10(11)16-12(17)18;9-6-8(10)7-4-2-1-3-5-7/h7-8,11-12,16H,4-6,9-10,13-15H2,1-3H3,(H,23,27);4-5,8-9,13H,1-3,6-7,10-12,18H2;4-7H,8-9H2,1-3H3,(H,15,19)(H,16,18);7H,1-6H2. The molecule has 0 radical (unpaired) electrons. The molecule has 3 aromatic heterocycles. The Kier molecular flexibility index (Phi) is 24.0. The van der Waals surface area contributed by atoms with Crippen LogP contribution in [0.5, 0.6) is 0 Å². The molecule has 6 aromatic rings. The summed E-state index contributed by atoms with van der Waals surface area (Å²) in [6, 6.07) is 22.2. The summed E-state index contributed by atoms with van der Waals surface area (Å²) in [4.78, 5) is 100. The molecule has 0 saturated heterocycles. The summed E-state index contributed by atoms with van der Waals surface area (Å²) in [6.07, 6.45) is 17.5. The monoisotopic (exact) mass is 1180 g/mol. The summed E-state index contributed by atoms with van der Waals surface area (Å²) < 4.78 is 17.7. The van der Waals surface area contributed by atoms with Crippen molar-refractivity contribution in [1.29, 1.82) is 0 Å². The number of alkyl halides is 1. The summed E-state index contributed by atoms with van der Waals surface area (Å²) in [6.45, 7) is 12.8. The first-order chi connectivity index (χ1) is 38.7. The Hall–Kier alpha value is -6.54. The second kappa shape index (κ2) is 30.5. The van der Waals surface area contributed by atoms with Crippen molar-refractivity contribution in [1.82, 2.24) is 38.5 Å². The van der Waals surface area contributed by atoms with Crippen LogP contribution in [-0.4, -0.2) is 93.8 Å². The number of alkyl carbamates (subject to hydrolysis) is 2. The molecule has 5 N–H and O–H groups in total. The molecule has 19 nitrogen and oxygen atoms in total. The van der Waals surface area contributed by atoms with Gasteiger partial charge in [-0.3, -0.25) is 28.1 Å². The molecule has 442 valence electrons. The number of nitrogens with zero attached hydrogens (tertiary/aromatic N) is 5. The minimum absolute atomic E-state index is 0.0797. The fraction of sp³-hybridized carbons (Fsp3) is 0.574. The van der Waals surface area contributed by atoms with Gasteiger partial charge in [-0.25, -0.2) is 33.1 Å². The first-order valence-corrected chi connectivity index (χ1v) is 30.2. The van der Waals surface area contributed by atoms with Crippen LogP contribution in [0, 0.1) is 17.8 Å². The van der Waals surface area contributed by atoms with Gasteiger partial charge in [0.05, 0.1) is 38.4 Å². The number of hydrogen-bond acceptors (Lipinski definition) is 11. The Bertz CT molecular complexity index is 3220. The third-order valence-electron chi connectivity index (χ3n) is 14.8. The molecule has 3 aliphatic carbocycles. The topological polar surface area (TPSA) is 246 Å². The van der Waals surface area contributed by atoms with Gasteiger partial charge in [-0.05, 0) is 128 Å². The van der Waals surface area contributed by atoms with Gasteiger partial charge in [-0.2, -0.15) is 0 Å². The van der Waals surface area contributed by atoms with E-state index in [0.717, 1.165) is 67.9 Å². The number of aromatic nitrogens is 6. The van der Waals surface area contributed by atoms with Crippen LogP contribution in [0.25, 0.3) is 33.1 Å². The lowest BCUT2D eigenvalue weighted by Crippen LogP contribution is -2.36. The Balaban J connectivity index is 0.000000183. The molecule has 3 heterocycles. The molecule has 2 amide bonds. The number of fused-ring (bicyclic) bond motifs is 3. The minimum atomic E-state index is -0.581. The van der Waals surface area contributed by atoms with E-state index in [9.17, 15) is 38.4 Å². The van der Waals surface area contributed by atoms with Crippen molar-refractivity contribution in [2.24, 2.45) is 23.5 Å². The molecule has 81 heavy (non-hydrogen) atoms. The van der Waals surface area contributed by atoms with E-state index in [2.05, 4.69) is 31.5 Å². The van der Waals surface area contributed by atoms with Gasteiger partial charge >= 0.3 is 29.3 Å². The number of imidazole rings is 3. The zero-order valence-electron chi connectivity index (χ0n) is 48.4. The smallest absolute Gasteiger partial charge is 0.407 e. The molecule has 0 unspecified atom stereocenters. The maximum atomic E-state index is 13.0. The van der Waals surface area contributed by atoms with Crippen LogP contribution < -0.4 is 33.4 Å². The number of hydrogen-bond donors (Lipinski definition) is 4. The number of ether oxygens (including phenoxy) is 2. The lowest BCUT2D eigenvalue weighted by Gasteiger charge is -2.20. The molecule has 3 aromatic carbocycles. The summed E-state index contributed by atoms with van der Waals surface area (Å²) in [5.74, 6) is 1.34.